The van der Waals surface area contributed by atoms with Crippen molar-refractivity contribution in [2.24, 2.45) is 0 Å². The first kappa shape index (κ1) is 13.2. The van der Waals surface area contributed by atoms with Crippen molar-refractivity contribution in [2.45, 2.75) is 0 Å². The minimum Gasteiger partial charge on any atom is -0.465 e. The fraction of sp³-hybridized carbons (Fsp3) is 0.333. The lowest BCUT2D eigenvalue weighted by molar-refractivity contribution is -0.115. The summed E-state index contributed by atoms with van der Waals surface area (Å²) in [6, 6.07) is 3.55. The van der Waals surface area contributed by atoms with Crippen LogP contribution in [0, 0.1) is 0 Å². The van der Waals surface area contributed by atoms with Gasteiger partial charge in [-0.1, -0.05) is 0 Å². The average molecular weight is 282 g/mol. The second-order valence-electron chi connectivity index (χ2n) is 3.74. The van der Waals surface area contributed by atoms with Crippen LogP contribution in [-0.4, -0.2) is 40.5 Å². The van der Waals surface area contributed by atoms with Crippen LogP contribution in [0.25, 0.3) is 6.08 Å². The minimum atomic E-state index is -0.227. The molecule has 2 heterocycles. The third-order valence-electron chi connectivity index (χ3n) is 2.47. The number of hydrogen-bond donors (Lipinski definition) is 1. The minimum absolute atomic E-state index is 0.227. The summed E-state index contributed by atoms with van der Waals surface area (Å²) in [6.07, 6.45) is 4.60. The maximum absolute atomic E-state index is 11.6. The number of thiocarbonyl (C=S) groups is 1. The van der Waals surface area contributed by atoms with Gasteiger partial charge in [-0.15, -0.1) is 0 Å². The highest BCUT2D eigenvalue weighted by Gasteiger charge is 2.14. The van der Waals surface area contributed by atoms with E-state index in [1.807, 2.05) is 16.7 Å². The molecule has 1 aliphatic heterocycles. The fourth-order valence-electron chi connectivity index (χ4n) is 1.54. The second-order valence-corrected chi connectivity index (χ2v) is 5.35. The van der Waals surface area contributed by atoms with E-state index in [2.05, 4.69) is 5.32 Å². The molecule has 1 fully saturated rings. The van der Waals surface area contributed by atoms with Gasteiger partial charge in [-0.05, 0) is 30.4 Å². The molecule has 0 aliphatic carbocycles. The maximum atomic E-state index is 11.6. The number of furan rings is 1. The number of nitrogens with one attached hydrogen (secondary N) is 1. The van der Waals surface area contributed by atoms with Gasteiger partial charge in [0.05, 0.1) is 6.26 Å². The summed E-state index contributed by atoms with van der Waals surface area (Å²) < 4.78 is 5.09. The van der Waals surface area contributed by atoms with Crippen LogP contribution in [0.15, 0.2) is 28.9 Å². The molecule has 2 rings (SSSR count). The third-order valence-corrected chi connectivity index (χ3v) is 3.77. The molecule has 1 aromatic heterocycles. The van der Waals surface area contributed by atoms with Crippen LogP contribution >= 0.6 is 24.0 Å². The summed E-state index contributed by atoms with van der Waals surface area (Å²) in [4.78, 5) is 13.7. The molecule has 0 spiro atoms. The van der Waals surface area contributed by atoms with Crippen molar-refractivity contribution in [3.05, 3.63) is 30.2 Å². The maximum Gasteiger partial charge on any atom is 0.250 e. The molecule has 0 radical (unpaired) electrons. The molecule has 1 amide bonds. The molecule has 1 aromatic rings. The van der Waals surface area contributed by atoms with Crippen LogP contribution in [-0.2, 0) is 4.79 Å². The Bertz CT molecular complexity index is 437. The van der Waals surface area contributed by atoms with Gasteiger partial charge in [0.1, 0.15) is 5.76 Å². The number of hydrogen-bond acceptors (Lipinski definition) is 4. The molecule has 0 saturated carbocycles. The Kier molecular flexibility index (Phi) is 4.83. The highest BCUT2D eigenvalue weighted by atomic mass is 32.2. The summed E-state index contributed by atoms with van der Waals surface area (Å²) in [5.74, 6) is 2.52. The zero-order valence-electron chi connectivity index (χ0n) is 9.80. The van der Waals surface area contributed by atoms with Gasteiger partial charge < -0.3 is 9.32 Å². The molecule has 18 heavy (non-hydrogen) atoms. The number of thioether (sulfide) groups is 1. The Labute approximate surface area is 115 Å². The van der Waals surface area contributed by atoms with Gasteiger partial charge in [0.15, 0.2) is 5.11 Å². The lowest BCUT2D eigenvalue weighted by Crippen LogP contribution is -2.45. The zero-order valence-corrected chi connectivity index (χ0v) is 11.4. The molecule has 4 nitrogen and oxygen atoms in total. The largest absolute Gasteiger partial charge is 0.465 e. The summed E-state index contributed by atoms with van der Waals surface area (Å²) in [5.41, 5.74) is 0. The fourth-order valence-corrected chi connectivity index (χ4v) is 2.72. The van der Waals surface area contributed by atoms with Gasteiger partial charge in [0.25, 0.3) is 0 Å². The van der Waals surface area contributed by atoms with Gasteiger partial charge in [0.2, 0.25) is 5.91 Å². The number of rotatable bonds is 2. The first-order valence-electron chi connectivity index (χ1n) is 5.65. The molecule has 1 aliphatic rings. The molecular weight excluding hydrogens is 268 g/mol. The van der Waals surface area contributed by atoms with Crippen LogP contribution < -0.4 is 5.32 Å². The second kappa shape index (κ2) is 6.61. The van der Waals surface area contributed by atoms with Crippen molar-refractivity contribution >= 4 is 41.1 Å². The molecule has 1 saturated heterocycles. The lowest BCUT2D eigenvalue weighted by atomic mass is 10.4. The van der Waals surface area contributed by atoms with E-state index in [0.29, 0.717) is 10.9 Å². The monoisotopic (exact) mass is 282 g/mol. The van der Waals surface area contributed by atoms with Crippen molar-refractivity contribution < 1.29 is 9.21 Å². The predicted molar refractivity (Wildman–Crippen MR) is 77.4 cm³/mol. The topological polar surface area (TPSA) is 45.5 Å². The number of nitrogens with zero attached hydrogens (tertiary/aromatic N) is 1. The predicted octanol–water partition coefficient (Wildman–Crippen LogP) is 1.74. The van der Waals surface area contributed by atoms with E-state index in [1.54, 1.807) is 24.5 Å². The average Bonchev–Trinajstić information content (AvgIpc) is 2.90. The lowest BCUT2D eigenvalue weighted by Gasteiger charge is -2.28. The van der Waals surface area contributed by atoms with Crippen molar-refractivity contribution in [3.63, 3.8) is 0 Å². The van der Waals surface area contributed by atoms with Crippen molar-refractivity contribution in [1.29, 1.82) is 0 Å². The van der Waals surface area contributed by atoms with Crippen molar-refractivity contribution in [1.82, 2.24) is 10.2 Å². The van der Waals surface area contributed by atoms with Crippen LogP contribution in [0.4, 0.5) is 0 Å². The van der Waals surface area contributed by atoms with E-state index >= 15 is 0 Å². The van der Waals surface area contributed by atoms with Crippen LogP contribution in [0.2, 0.25) is 0 Å². The number of carbonyl (C=O) groups is 1. The van der Waals surface area contributed by atoms with E-state index in [0.717, 1.165) is 24.6 Å². The quantitative estimate of drug-likeness (QED) is 0.661. The van der Waals surface area contributed by atoms with Gasteiger partial charge >= 0.3 is 0 Å². The highest BCUT2D eigenvalue weighted by Crippen LogP contribution is 2.09. The third kappa shape index (κ3) is 3.89. The molecular formula is C12H14N2O2S2. The van der Waals surface area contributed by atoms with Gasteiger partial charge in [0, 0.05) is 30.7 Å². The molecule has 0 aromatic carbocycles. The summed E-state index contributed by atoms with van der Waals surface area (Å²) in [5, 5.41) is 3.20. The Hall–Kier alpha value is -1.27. The Morgan fingerprint density at radius 3 is 2.94 bits per heavy atom. The van der Waals surface area contributed by atoms with Crippen LogP contribution in [0.3, 0.4) is 0 Å². The smallest absolute Gasteiger partial charge is 0.250 e. The standard InChI is InChI=1S/C12H14N2O2S2/c15-11(4-3-10-2-1-7-16-10)13-12(17)14-5-8-18-9-6-14/h1-4,7H,5-6,8-9H2,(H,13,15,17)/b4-3+. The van der Waals surface area contributed by atoms with Gasteiger partial charge in [-0.25, -0.2) is 0 Å². The normalized spacial score (nSPS) is 15.9. The Morgan fingerprint density at radius 2 is 2.28 bits per heavy atom. The van der Waals surface area contributed by atoms with E-state index < -0.39 is 0 Å². The number of amides is 1. The molecule has 0 unspecified atom stereocenters. The van der Waals surface area contributed by atoms with E-state index in [9.17, 15) is 4.79 Å². The molecule has 6 heteroatoms. The molecule has 0 bridgehead atoms. The summed E-state index contributed by atoms with van der Waals surface area (Å²) >= 11 is 7.09. The zero-order chi connectivity index (χ0) is 12.8. The summed E-state index contributed by atoms with van der Waals surface area (Å²) in [6.45, 7) is 1.79. The Balaban J connectivity index is 1.81. The first-order valence-corrected chi connectivity index (χ1v) is 7.21. The number of carbonyl (C=O) groups excluding carboxylic acids is 1. The van der Waals surface area contributed by atoms with Crippen LogP contribution in [0.5, 0.6) is 0 Å². The van der Waals surface area contributed by atoms with Gasteiger partial charge in [-0.2, -0.15) is 11.8 Å². The molecule has 0 atom stereocenters. The molecule has 1 N–H and O–H groups in total. The van der Waals surface area contributed by atoms with Crippen molar-refractivity contribution in [3.8, 4) is 0 Å². The van der Waals surface area contributed by atoms with Gasteiger partial charge in [-0.3, -0.25) is 10.1 Å². The van der Waals surface area contributed by atoms with E-state index in [1.165, 1.54) is 6.08 Å². The molecule has 96 valence electrons. The van der Waals surface area contributed by atoms with Crippen LogP contribution in [0.1, 0.15) is 5.76 Å². The first-order chi connectivity index (χ1) is 8.75. The highest BCUT2D eigenvalue weighted by molar-refractivity contribution is 7.99. The van der Waals surface area contributed by atoms with E-state index in [4.69, 9.17) is 16.6 Å². The summed E-state index contributed by atoms with van der Waals surface area (Å²) in [7, 11) is 0. The SMILES string of the molecule is O=C(/C=C/c1ccco1)NC(=S)N1CCSCC1. The van der Waals surface area contributed by atoms with Crippen molar-refractivity contribution in [2.75, 3.05) is 24.6 Å². The Morgan fingerprint density at radius 1 is 1.50 bits per heavy atom. The van der Waals surface area contributed by atoms with E-state index in [-0.39, 0.29) is 5.91 Å².